The molecule has 1 unspecified atom stereocenters. The van der Waals surface area contributed by atoms with E-state index < -0.39 is 0 Å². The minimum atomic E-state index is 0.483. The van der Waals surface area contributed by atoms with Gasteiger partial charge in [-0.15, -0.1) is 0 Å². The maximum atomic E-state index is 5.80. The lowest BCUT2D eigenvalue weighted by Gasteiger charge is -2.32. The highest BCUT2D eigenvalue weighted by atomic mass is 16.5. The molecule has 3 nitrogen and oxygen atoms in total. The van der Waals surface area contributed by atoms with Gasteiger partial charge in [-0.3, -0.25) is 0 Å². The summed E-state index contributed by atoms with van der Waals surface area (Å²) >= 11 is 0. The van der Waals surface area contributed by atoms with Crippen molar-refractivity contribution in [2.45, 2.75) is 45.1 Å². The maximum Gasteiger partial charge on any atom is 0.0702 e. The first-order valence-corrected chi connectivity index (χ1v) is 6.40. The molecule has 1 rings (SSSR count). The lowest BCUT2D eigenvalue weighted by molar-refractivity contribution is -0.000286. The minimum Gasteiger partial charge on any atom is -0.377 e. The van der Waals surface area contributed by atoms with Gasteiger partial charge in [0.25, 0.3) is 0 Å². The molecular formula is C12H26N2O. The Labute approximate surface area is 94.0 Å². The number of hydrogen-bond acceptors (Lipinski definition) is 3. The molecule has 1 fully saturated rings. The van der Waals surface area contributed by atoms with Crippen LogP contribution in [0, 0.1) is 0 Å². The van der Waals surface area contributed by atoms with Crippen LogP contribution in [0.3, 0.4) is 0 Å². The van der Waals surface area contributed by atoms with Gasteiger partial charge in [-0.25, -0.2) is 0 Å². The third-order valence-corrected chi connectivity index (χ3v) is 2.95. The van der Waals surface area contributed by atoms with Crippen LogP contribution in [0.1, 0.15) is 39.0 Å². The van der Waals surface area contributed by atoms with E-state index in [0.29, 0.717) is 6.10 Å². The van der Waals surface area contributed by atoms with Crippen LogP contribution in [0.15, 0.2) is 0 Å². The standard InChI is InChI=1S/C12H26N2O/c1-2-10-15-12-6-5-9-14(11-12)8-4-3-7-13/h12H,2-11,13H2,1H3. The fourth-order valence-corrected chi connectivity index (χ4v) is 2.12. The number of rotatable bonds is 7. The Morgan fingerprint density at radius 2 is 2.27 bits per heavy atom. The second kappa shape index (κ2) is 8.08. The van der Waals surface area contributed by atoms with Gasteiger partial charge in [0, 0.05) is 13.2 Å². The van der Waals surface area contributed by atoms with Gasteiger partial charge < -0.3 is 15.4 Å². The first-order chi connectivity index (χ1) is 7.36. The van der Waals surface area contributed by atoms with Gasteiger partial charge >= 0.3 is 0 Å². The highest BCUT2D eigenvalue weighted by Gasteiger charge is 2.19. The smallest absolute Gasteiger partial charge is 0.0702 e. The van der Waals surface area contributed by atoms with E-state index >= 15 is 0 Å². The number of unbranched alkanes of at least 4 members (excludes halogenated alkanes) is 1. The van der Waals surface area contributed by atoms with Crippen LogP contribution in [0.4, 0.5) is 0 Å². The van der Waals surface area contributed by atoms with E-state index in [9.17, 15) is 0 Å². The van der Waals surface area contributed by atoms with E-state index in [-0.39, 0.29) is 0 Å². The van der Waals surface area contributed by atoms with Crippen LogP contribution >= 0.6 is 0 Å². The van der Waals surface area contributed by atoms with Crippen molar-refractivity contribution in [1.29, 1.82) is 0 Å². The zero-order chi connectivity index (χ0) is 10.9. The van der Waals surface area contributed by atoms with Crippen molar-refractivity contribution in [3.63, 3.8) is 0 Å². The number of likely N-dealkylation sites (tertiary alicyclic amines) is 1. The van der Waals surface area contributed by atoms with Crippen LogP contribution in [0.25, 0.3) is 0 Å². The summed E-state index contributed by atoms with van der Waals surface area (Å²) in [5.74, 6) is 0. The molecule has 0 aromatic rings. The fourth-order valence-electron chi connectivity index (χ4n) is 2.12. The number of nitrogens with two attached hydrogens (primary N) is 1. The predicted octanol–water partition coefficient (Wildman–Crippen LogP) is 1.62. The first-order valence-electron chi connectivity index (χ1n) is 6.40. The van der Waals surface area contributed by atoms with Crippen LogP contribution in [-0.4, -0.2) is 43.8 Å². The van der Waals surface area contributed by atoms with Crippen molar-refractivity contribution in [1.82, 2.24) is 4.90 Å². The maximum absolute atomic E-state index is 5.80. The molecule has 1 atom stereocenters. The summed E-state index contributed by atoms with van der Waals surface area (Å²) < 4.78 is 5.80. The average molecular weight is 214 g/mol. The predicted molar refractivity (Wildman–Crippen MR) is 64.0 cm³/mol. The monoisotopic (exact) mass is 214 g/mol. The Balaban J connectivity index is 2.11. The largest absolute Gasteiger partial charge is 0.377 e. The van der Waals surface area contributed by atoms with Crippen LogP contribution in [0.5, 0.6) is 0 Å². The van der Waals surface area contributed by atoms with Crippen LogP contribution in [0.2, 0.25) is 0 Å². The topological polar surface area (TPSA) is 38.5 Å². The number of piperidine rings is 1. The van der Waals surface area contributed by atoms with E-state index in [2.05, 4.69) is 11.8 Å². The molecule has 0 amide bonds. The van der Waals surface area contributed by atoms with E-state index in [1.165, 1.54) is 32.4 Å². The van der Waals surface area contributed by atoms with E-state index in [4.69, 9.17) is 10.5 Å². The van der Waals surface area contributed by atoms with E-state index in [1.807, 2.05) is 0 Å². The zero-order valence-electron chi connectivity index (χ0n) is 10.1. The number of ether oxygens (including phenoxy) is 1. The van der Waals surface area contributed by atoms with Crippen molar-refractivity contribution in [3.8, 4) is 0 Å². The van der Waals surface area contributed by atoms with Gasteiger partial charge in [-0.1, -0.05) is 6.92 Å². The SMILES string of the molecule is CCCOC1CCCN(CCCCN)C1. The summed E-state index contributed by atoms with van der Waals surface area (Å²) in [5, 5.41) is 0. The lowest BCUT2D eigenvalue weighted by atomic mass is 10.1. The molecule has 15 heavy (non-hydrogen) atoms. The number of hydrogen-bond donors (Lipinski definition) is 1. The second-order valence-corrected chi connectivity index (χ2v) is 4.43. The summed E-state index contributed by atoms with van der Waals surface area (Å²) in [6.45, 7) is 7.48. The summed E-state index contributed by atoms with van der Waals surface area (Å²) in [6.07, 6.45) is 6.53. The third kappa shape index (κ3) is 5.50. The molecule has 1 saturated heterocycles. The molecule has 1 aliphatic heterocycles. The van der Waals surface area contributed by atoms with Crippen LogP contribution in [-0.2, 0) is 4.74 Å². The van der Waals surface area contributed by atoms with Crippen molar-refractivity contribution in [2.24, 2.45) is 5.73 Å². The highest BCUT2D eigenvalue weighted by molar-refractivity contribution is 4.73. The molecule has 2 N–H and O–H groups in total. The van der Waals surface area contributed by atoms with Gasteiger partial charge in [0.15, 0.2) is 0 Å². The lowest BCUT2D eigenvalue weighted by Crippen LogP contribution is -2.40. The Morgan fingerprint density at radius 3 is 3.00 bits per heavy atom. The minimum absolute atomic E-state index is 0.483. The molecule has 0 saturated carbocycles. The van der Waals surface area contributed by atoms with Crippen molar-refractivity contribution in [2.75, 3.05) is 32.8 Å². The van der Waals surface area contributed by atoms with Crippen molar-refractivity contribution < 1.29 is 4.74 Å². The molecule has 0 aromatic carbocycles. The average Bonchev–Trinajstić information content (AvgIpc) is 2.27. The molecule has 0 aliphatic carbocycles. The Hall–Kier alpha value is -0.120. The Kier molecular flexibility index (Phi) is 6.98. The van der Waals surface area contributed by atoms with Crippen LogP contribution < -0.4 is 5.73 Å². The zero-order valence-corrected chi connectivity index (χ0v) is 10.1. The van der Waals surface area contributed by atoms with E-state index in [1.54, 1.807) is 0 Å². The quantitative estimate of drug-likeness (QED) is 0.654. The second-order valence-electron chi connectivity index (χ2n) is 4.43. The van der Waals surface area contributed by atoms with Gasteiger partial charge in [0.05, 0.1) is 6.10 Å². The van der Waals surface area contributed by atoms with Gasteiger partial charge in [0.2, 0.25) is 0 Å². The Morgan fingerprint density at radius 1 is 1.40 bits per heavy atom. The van der Waals surface area contributed by atoms with Gasteiger partial charge in [-0.2, -0.15) is 0 Å². The third-order valence-electron chi connectivity index (χ3n) is 2.95. The molecule has 0 bridgehead atoms. The highest BCUT2D eigenvalue weighted by Crippen LogP contribution is 2.13. The molecule has 0 radical (unpaired) electrons. The first kappa shape index (κ1) is 12.9. The molecule has 0 spiro atoms. The molecular weight excluding hydrogens is 188 g/mol. The van der Waals surface area contributed by atoms with E-state index in [0.717, 1.165) is 32.5 Å². The summed E-state index contributed by atoms with van der Waals surface area (Å²) in [7, 11) is 0. The summed E-state index contributed by atoms with van der Waals surface area (Å²) in [4.78, 5) is 2.53. The van der Waals surface area contributed by atoms with Gasteiger partial charge in [-0.05, 0) is 51.7 Å². The number of nitrogens with zero attached hydrogens (tertiary/aromatic N) is 1. The molecule has 3 heteroatoms. The Bertz CT molecular complexity index is 153. The summed E-state index contributed by atoms with van der Waals surface area (Å²) in [5.41, 5.74) is 5.49. The molecule has 1 aliphatic rings. The van der Waals surface area contributed by atoms with Crippen molar-refractivity contribution >= 4 is 0 Å². The normalized spacial score (nSPS) is 23.2. The van der Waals surface area contributed by atoms with Gasteiger partial charge in [0.1, 0.15) is 0 Å². The van der Waals surface area contributed by atoms with Crippen molar-refractivity contribution in [3.05, 3.63) is 0 Å². The summed E-state index contributed by atoms with van der Waals surface area (Å²) in [6, 6.07) is 0. The molecule has 1 heterocycles. The molecule has 90 valence electrons. The fraction of sp³-hybridized carbons (Fsp3) is 1.00. The molecule has 0 aromatic heterocycles.